The van der Waals surface area contributed by atoms with Crippen molar-refractivity contribution in [3.05, 3.63) is 69.8 Å². The molecule has 0 spiro atoms. The number of nitrogens with one attached hydrogen (secondary N) is 1. The number of carbonyl (C=O) groups is 1. The highest BCUT2D eigenvalue weighted by molar-refractivity contribution is 6.30. The molecule has 1 N–H and O–H groups in total. The van der Waals surface area contributed by atoms with Crippen molar-refractivity contribution in [2.75, 3.05) is 20.2 Å². The number of ether oxygens (including phenoxy) is 1. The standard InChI is InChI=1S/C21H21ClN2O2/c1-26-17-8-4-15-5-9-18-20(19(15)12-17)24(11-10-23-21(18)25)13-14-2-6-16(22)7-3-14/h2-4,6-8,12H,5,9-11,13H2,1H3,(H,23,25). The summed E-state index contributed by atoms with van der Waals surface area (Å²) in [6.07, 6.45) is 1.64. The fourth-order valence-electron chi connectivity index (χ4n) is 3.74. The van der Waals surface area contributed by atoms with Gasteiger partial charge in [0.15, 0.2) is 0 Å². The molecule has 1 aliphatic heterocycles. The first kappa shape index (κ1) is 17.0. The van der Waals surface area contributed by atoms with Gasteiger partial charge in [-0.1, -0.05) is 29.8 Å². The molecule has 4 nitrogen and oxygen atoms in total. The van der Waals surface area contributed by atoms with Gasteiger partial charge in [0, 0.05) is 35.8 Å². The zero-order chi connectivity index (χ0) is 18.1. The van der Waals surface area contributed by atoms with Gasteiger partial charge in [0.1, 0.15) is 5.75 Å². The Kier molecular flexibility index (Phi) is 4.60. The van der Waals surface area contributed by atoms with E-state index in [0.29, 0.717) is 6.54 Å². The van der Waals surface area contributed by atoms with Crippen molar-refractivity contribution in [3.8, 4) is 5.75 Å². The van der Waals surface area contributed by atoms with Crippen LogP contribution in [-0.2, 0) is 17.8 Å². The van der Waals surface area contributed by atoms with Gasteiger partial charge in [0.2, 0.25) is 5.91 Å². The molecule has 134 valence electrons. The molecule has 0 saturated heterocycles. The van der Waals surface area contributed by atoms with Gasteiger partial charge in [0.05, 0.1) is 12.8 Å². The number of amides is 1. The lowest BCUT2D eigenvalue weighted by molar-refractivity contribution is -0.117. The molecule has 26 heavy (non-hydrogen) atoms. The number of fused-ring (bicyclic) bond motifs is 2. The van der Waals surface area contributed by atoms with Crippen molar-refractivity contribution in [1.82, 2.24) is 10.2 Å². The van der Waals surface area contributed by atoms with Crippen molar-refractivity contribution >= 4 is 23.2 Å². The molecule has 0 fully saturated rings. The predicted octanol–water partition coefficient (Wildman–Crippen LogP) is 3.64. The predicted molar refractivity (Wildman–Crippen MR) is 103 cm³/mol. The Balaban J connectivity index is 1.78. The average molecular weight is 369 g/mol. The Bertz CT molecular complexity index is 874. The summed E-state index contributed by atoms with van der Waals surface area (Å²) in [5, 5.41) is 3.77. The Morgan fingerprint density at radius 2 is 1.96 bits per heavy atom. The average Bonchev–Trinajstić information content (AvgIpc) is 2.82. The van der Waals surface area contributed by atoms with Crippen molar-refractivity contribution < 1.29 is 9.53 Å². The summed E-state index contributed by atoms with van der Waals surface area (Å²) in [6, 6.07) is 14.1. The summed E-state index contributed by atoms with van der Waals surface area (Å²) in [5.41, 5.74) is 5.45. The van der Waals surface area contributed by atoms with Crippen LogP contribution in [0, 0.1) is 0 Å². The van der Waals surface area contributed by atoms with Gasteiger partial charge in [0.25, 0.3) is 0 Å². The van der Waals surface area contributed by atoms with Crippen LogP contribution < -0.4 is 10.1 Å². The molecule has 0 radical (unpaired) electrons. The van der Waals surface area contributed by atoms with Gasteiger partial charge in [-0.2, -0.15) is 0 Å². The number of benzene rings is 2. The van der Waals surface area contributed by atoms with E-state index in [1.165, 1.54) is 11.1 Å². The summed E-state index contributed by atoms with van der Waals surface area (Å²) < 4.78 is 5.43. The SMILES string of the molecule is COc1ccc2c(c1)C1=C(CC2)C(=O)NCCN1Cc1ccc(Cl)cc1. The van der Waals surface area contributed by atoms with Gasteiger partial charge in [-0.25, -0.2) is 0 Å². The summed E-state index contributed by atoms with van der Waals surface area (Å²) in [4.78, 5) is 14.9. The van der Waals surface area contributed by atoms with Crippen molar-refractivity contribution in [1.29, 1.82) is 0 Å². The maximum absolute atomic E-state index is 12.6. The lowest BCUT2D eigenvalue weighted by Crippen LogP contribution is -2.29. The van der Waals surface area contributed by atoms with Crippen LogP contribution in [0.15, 0.2) is 48.0 Å². The first-order valence-corrected chi connectivity index (χ1v) is 9.21. The largest absolute Gasteiger partial charge is 0.497 e. The molecule has 0 aromatic heterocycles. The molecule has 1 amide bonds. The van der Waals surface area contributed by atoms with E-state index in [4.69, 9.17) is 16.3 Å². The highest BCUT2D eigenvalue weighted by Crippen LogP contribution is 2.37. The summed E-state index contributed by atoms with van der Waals surface area (Å²) in [7, 11) is 1.67. The quantitative estimate of drug-likeness (QED) is 0.899. The number of hydrogen-bond donors (Lipinski definition) is 1. The smallest absolute Gasteiger partial charge is 0.249 e. The number of hydrogen-bond acceptors (Lipinski definition) is 3. The second-order valence-corrected chi connectivity index (χ2v) is 7.09. The molecule has 0 unspecified atom stereocenters. The summed E-state index contributed by atoms with van der Waals surface area (Å²) in [6.45, 7) is 2.14. The van der Waals surface area contributed by atoms with Gasteiger partial charge in [-0.05, 0) is 48.2 Å². The van der Waals surface area contributed by atoms with E-state index in [2.05, 4.69) is 22.3 Å². The lowest BCUT2D eigenvalue weighted by atomic mass is 9.88. The highest BCUT2D eigenvalue weighted by Gasteiger charge is 2.29. The monoisotopic (exact) mass is 368 g/mol. The van der Waals surface area contributed by atoms with Gasteiger partial charge < -0.3 is 15.0 Å². The minimum Gasteiger partial charge on any atom is -0.497 e. The fourth-order valence-corrected chi connectivity index (χ4v) is 3.86. The van der Waals surface area contributed by atoms with Gasteiger partial charge in [-0.15, -0.1) is 0 Å². The second-order valence-electron chi connectivity index (χ2n) is 6.65. The third-order valence-electron chi connectivity index (χ3n) is 5.05. The van der Waals surface area contributed by atoms with Crippen LogP contribution >= 0.6 is 11.6 Å². The van der Waals surface area contributed by atoms with Crippen LogP contribution in [0.1, 0.15) is 23.1 Å². The first-order valence-electron chi connectivity index (χ1n) is 8.84. The molecule has 1 heterocycles. The van der Waals surface area contributed by atoms with E-state index < -0.39 is 0 Å². The molecule has 2 aromatic rings. The zero-order valence-electron chi connectivity index (χ0n) is 14.7. The molecular weight excluding hydrogens is 348 g/mol. The van der Waals surface area contributed by atoms with Crippen LogP contribution in [0.25, 0.3) is 5.70 Å². The summed E-state index contributed by atoms with van der Waals surface area (Å²) in [5.74, 6) is 0.862. The third kappa shape index (κ3) is 3.17. The first-order chi connectivity index (χ1) is 12.7. The molecule has 4 rings (SSSR count). The van der Waals surface area contributed by atoms with Crippen LogP contribution in [0.2, 0.25) is 5.02 Å². The maximum Gasteiger partial charge on any atom is 0.249 e. The van der Waals surface area contributed by atoms with Gasteiger partial charge >= 0.3 is 0 Å². The van der Waals surface area contributed by atoms with E-state index in [1.807, 2.05) is 30.3 Å². The Labute approximate surface area is 158 Å². The fraction of sp³-hybridized carbons (Fsp3) is 0.286. The van der Waals surface area contributed by atoms with Crippen LogP contribution in [-0.4, -0.2) is 31.0 Å². The minimum absolute atomic E-state index is 0.0482. The Morgan fingerprint density at radius 1 is 1.15 bits per heavy atom. The Morgan fingerprint density at radius 3 is 2.73 bits per heavy atom. The number of halogens is 1. The highest BCUT2D eigenvalue weighted by atomic mass is 35.5. The summed E-state index contributed by atoms with van der Waals surface area (Å²) >= 11 is 6.02. The van der Waals surface area contributed by atoms with Crippen molar-refractivity contribution in [2.24, 2.45) is 0 Å². The second kappa shape index (κ2) is 7.04. The molecule has 0 saturated carbocycles. The molecule has 2 aliphatic rings. The molecular formula is C21H21ClN2O2. The topological polar surface area (TPSA) is 41.6 Å². The van der Waals surface area contributed by atoms with Crippen molar-refractivity contribution in [2.45, 2.75) is 19.4 Å². The normalized spacial score (nSPS) is 16.5. The molecule has 2 aromatic carbocycles. The number of carbonyl (C=O) groups excluding carboxylic acids is 1. The zero-order valence-corrected chi connectivity index (χ0v) is 15.5. The van der Waals surface area contributed by atoms with E-state index in [9.17, 15) is 4.79 Å². The molecule has 0 bridgehead atoms. The molecule has 5 heteroatoms. The number of nitrogens with zero attached hydrogens (tertiary/aromatic N) is 1. The molecule has 0 atom stereocenters. The number of methoxy groups -OCH3 is 1. The third-order valence-corrected chi connectivity index (χ3v) is 5.30. The van der Waals surface area contributed by atoms with Crippen molar-refractivity contribution in [3.63, 3.8) is 0 Å². The number of aryl methyl sites for hydroxylation is 1. The Hall–Kier alpha value is -2.46. The van der Waals surface area contributed by atoms with Crippen LogP contribution in [0.5, 0.6) is 5.75 Å². The van der Waals surface area contributed by atoms with Crippen LogP contribution in [0.4, 0.5) is 0 Å². The lowest BCUT2D eigenvalue weighted by Gasteiger charge is -2.31. The minimum atomic E-state index is 0.0482. The van der Waals surface area contributed by atoms with Gasteiger partial charge in [-0.3, -0.25) is 4.79 Å². The van der Waals surface area contributed by atoms with E-state index >= 15 is 0 Å². The van der Waals surface area contributed by atoms with E-state index in [1.54, 1.807) is 7.11 Å². The maximum atomic E-state index is 12.6. The van der Waals surface area contributed by atoms with E-state index in [0.717, 1.165) is 53.5 Å². The van der Waals surface area contributed by atoms with Crippen LogP contribution in [0.3, 0.4) is 0 Å². The number of rotatable bonds is 3. The van der Waals surface area contributed by atoms with E-state index in [-0.39, 0.29) is 5.91 Å². The molecule has 1 aliphatic carbocycles.